The van der Waals surface area contributed by atoms with Gasteiger partial charge >= 0.3 is 12.1 Å². The van der Waals surface area contributed by atoms with Crippen LogP contribution in [-0.4, -0.2) is 31.0 Å². The van der Waals surface area contributed by atoms with E-state index in [-0.39, 0.29) is 41.1 Å². The Bertz CT molecular complexity index is 887. The molecule has 0 aliphatic carbocycles. The Morgan fingerprint density at radius 3 is 2.59 bits per heavy atom. The molecule has 1 aliphatic heterocycles. The van der Waals surface area contributed by atoms with Crippen molar-refractivity contribution >= 4 is 23.3 Å². The topological polar surface area (TPSA) is 43.0 Å². The molecule has 0 fully saturated rings. The number of carbonyl (C=O) groups excluding carboxylic acids is 1. The third-order valence-corrected chi connectivity index (χ3v) is 4.88. The molecule has 2 rings (SSSR count). The van der Waals surface area contributed by atoms with E-state index in [1.165, 1.54) is 12.1 Å². The van der Waals surface area contributed by atoms with E-state index in [0.717, 1.165) is 13.2 Å². The number of esters is 1. The van der Waals surface area contributed by atoms with Crippen molar-refractivity contribution in [2.75, 3.05) is 7.11 Å². The average molecular weight is 431 g/mol. The highest BCUT2D eigenvalue weighted by atomic mass is 35.5. The normalized spacial score (nSPS) is 19.6. The van der Waals surface area contributed by atoms with Gasteiger partial charge in [0, 0.05) is 17.0 Å². The van der Waals surface area contributed by atoms with Gasteiger partial charge in [0.1, 0.15) is 11.7 Å². The van der Waals surface area contributed by atoms with Crippen LogP contribution in [0.15, 0.2) is 34.5 Å². The van der Waals surface area contributed by atoms with E-state index in [9.17, 15) is 22.4 Å². The summed E-state index contributed by atoms with van der Waals surface area (Å²) in [5.41, 5.74) is 0.652. The molecule has 1 heterocycles. The Kier molecular flexibility index (Phi) is 7.42. The van der Waals surface area contributed by atoms with E-state index >= 15 is 0 Å². The van der Waals surface area contributed by atoms with Crippen molar-refractivity contribution in [2.45, 2.75) is 50.7 Å². The van der Waals surface area contributed by atoms with Crippen LogP contribution in [0.2, 0.25) is 5.02 Å². The Hall–Kier alpha value is -2.40. The molecule has 9 heteroatoms. The largest absolute Gasteiger partial charge is 0.466 e. The van der Waals surface area contributed by atoms with Crippen molar-refractivity contribution in [1.82, 2.24) is 0 Å². The predicted molar refractivity (Wildman–Crippen MR) is 101 cm³/mol. The number of allylic oxidation sites excluding steroid dienone is 1. The molecule has 2 unspecified atom stereocenters. The SMILES string of the molecule is [C-]#[N+]C1C(C)=NC(CCCCC(F)(F)F)=C(C(=O)OC)C1c1ccc(Cl)cc1F. The van der Waals surface area contributed by atoms with Gasteiger partial charge in [-0.1, -0.05) is 17.7 Å². The molecule has 1 aliphatic rings. The third-order valence-electron chi connectivity index (χ3n) is 4.64. The Morgan fingerprint density at radius 2 is 2.03 bits per heavy atom. The molecule has 0 aromatic heterocycles. The van der Waals surface area contributed by atoms with Gasteiger partial charge in [-0.3, -0.25) is 4.99 Å². The summed E-state index contributed by atoms with van der Waals surface area (Å²) >= 11 is 5.81. The minimum atomic E-state index is -4.27. The fraction of sp³-hybridized carbons (Fsp3) is 0.450. The van der Waals surface area contributed by atoms with E-state index in [1.807, 2.05) is 0 Å². The van der Waals surface area contributed by atoms with Gasteiger partial charge < -0.3 is 9.58 Å². The number of unbranched alkanes of at least 4 members (excludes halogenated alkanes) is 1. The Balaban J connectivity index is 2.49. The molecule has 2 atom stereocenters. The van der Waals surface area contributed by atoms with Crippen LogP contribution < -0.4 is 0 Å². The zero-order valence-corrected chi connectivity index (χ0v) is 16.6. The molecular formula is C20H19ClF4N2O2. The second-order valence-electron chi connectivity index (χ2n) is 6.64. The van der Waals surface area contributed by atoms with Gasteiger partial charge in [0.15, 0.2) is 0 Å². The molecule has 156 valence electrons. The van der Waals surface area contributed by atoms with Gasteiger partial charge in [0.25, 0.3) is 6.04 Å². The molecule has 0 saturated heterocycles. The number of methoxy groups -OCH3 is 1. The summed E-state index contributed by atoms with van der Waals surface area (Å²) < 4.78 is 56.7. The first-order valence-electron chi connectivity index (χ1n) is 8.83. The summed E-state index contributed by atoms with van der Waals surface area (Å²) in [6.07, 6.45) is -5.15. The third kappa shape index (κ3) is 5.57. The van der Waals surface area contributed by atoms with Crippen molar-refractivity contribution in [3.63, 3.8) is 0 Å². The summed E-state index contributed by atoms with van der Waals surface area (Å²) in [5, 5.41) is 0.155. The predicted octanol–water partition coefficient (Wildman–Crippen LogP) is 5.87. The van der Waals surface area contributed by atoms with Crippen LogP contribution in [0.5, 0.6) is 0 Å². The van der Waals surface area contributed by atoms with Gasteiger partial charge in [-0.05, 0) is 38.3 Å². The standard InChI is InChI=1S/C20H19ClF4N2O2/c1-11-18(26-2)16(13-8-7-12(21)10-14(13)22)17(19(28)29-3)15(27-11)6-4-5-9-20(23,24)25/h7-8,10,16,18H,4-6,9H2,1,3H3. The molecule has 0 bridgehead atoms. The van der Waals surface area contributed by atoms with Crippen molar-refractivity contribution in [2.24, 2.45) is 4.99 Å². The number of nitrogens with zero attached hydrogens (tertiary/aromatic N) is 2. The van der Waals surface area contributed by atoms with E-state index in [1.54, 1.807) is 6.92 Å². The van der Waals surface area contributed by atoms with E-state index in [0.29, 0.717) is 5.71 Å². The number of halogens is 5. The summed E-state index contributed by atoms with van der Waals surface area (Å²) in [6, 6.07) is 2.97. The summed E-state index contributed by atoms with van der Waals surface area (Å²) in [7, 11) is 1.14. The lowest BCUT2D eigenvalue weighted by molar-refractivity contribution is -0.137. The van der Waals surface area contributed by atoms with Crippen LogP contribution >= 0.6 is 11.6 Å². The highest BCUT2D eigenvalue weighted by Gasteiger charge is 2.43. The summed E-state index contributed by atoms with van der Waals surface area (Å²) in [5.74, 6) is -2.48. The molecule has 0 saturated carbocycles. The highest BCUT2D eigenvalue weighted by Crippen LogP contribution is 2.40. The zero-order chi connectivity index (χ0) is 21.8. The number of rotatable bonds is 6. The van der Waals surface area contributed by atoms with Crippen LogP contribution in [0, 0.1) is 12.4 Å². The maximum absolute atomic E-state index is 14.7. The van der Waals surface area contributed by atoms with E-state index in [2.05, 4.69) is 9.84 Å². The fourth-order valence-electron chi connectivity index (χ4n) is 3.33. The lowest BCUT2D eigenvalue weighted by atomic mass is 9.79. The molecule has 0 spiro atoms. The highest BCUT2D eigenvalue weighted by molar-refractivity contribution is 6.30. The molecule has 0 N–H and O–H groups in total. The van der Waals surface area contributed by atoms with Crippen molar-refractivity contribution in [3.8, 4) is 0 Å². The first-order chi connectivity index (χ1) is 13.6. The second-order valence-corrected chi connectivity index (χ2v) is 7.08. The van der Waals surface area contributed by atoms with Crippen molar-refractivity contribution in [1.29, 1.82) is 0 Å². The first kappa shape index (κ1) is 22.9. The van der Waals surface area contributed by atoms with Crippen molar-refractivity contribution < 1.29 is 27.1 Å². The maximum atomic E-state index is 14.7. The number of benzene rings is 1. The molecular weight excluding hydrogens is 412 g/mol. The Morgan fingerprint density at radius 1 is 1.34 bits per heavy atom. The van der Waals surface area contributed by atoms with Gasteiger partial charge in [-0.15, -0.1) is 0 Å². The molecule has 29 heavy (non-hydrogen) atoms. The molecule has 1 aromatic rings. The number of aliphatic imine (C=N–C) groups is 1. The number of carbonyl (C=O) groups is 1. The quantitative estimate of drug-likeness (QED) is 0.245. The maximum Gasteiger partial charge on any atom is 0.389 e. The molecule has 1 aromatic carbocycles. The number of hydrogen-bond acceptors (Lipinski definition) is 3. The van der Waals surface area contributed by atoms with Gasteiger partial charge in [-0.25, -0.2) is 15.8 Å². The number of hydrogen-bond donors (Lipinski definition) is 0. The van der Waals surface area contributed by atoms with Gasteiger partial charge in [0.05, 0.1) is 24.1 Å². The van der Waals surface area contributed by atoms with Gasteiger partial charge in [-0.2, -0.15) is 13.2 Å². The lowest BCUT2D eigenvalue weighted by Gasteiger charge is -2.27. The monoisotopic (exact) mass is 430 g/mol. The lowest BCUT2D eigenvalue weighted by Crippen LogP contribution is -2.33. The number of alkyl halides is 3. The average Bonchev–Trinajstić information content (AvgIpc) is 2.63. The first-order valence-corrected chi connectivity index (χ1v) is 9.21. The van der Waals surface area contributed by atoms with Crippen LogP contribution in [0.1, 0.15) is 44.1 Å². The van der Waals surface area contributed by atoms with Crippen LogP contribution in [-0.2, 0) is 9.53 Å². The van der Waals surface area contributed by atoms with Crippen molar-refractivity contribution in [3.05, 3.63) is 57.3 Å². The summed E-state index contributed by atoms with van der Waals surface area (Å²) in [6.45, 7) is 9.08. The van der Waals surface area contributed by atoms with Gasteiger partial charge in [0.2, 0.25) is 0 Å². The summed E-state index contributed by atoms with van der Waals surface area (Å²) in [4.78, 5) is 20.3. The van der Waals surface area contributed by atoms with E-state index < -0.39 is 36.3 Å². The van der Waals surface area contributed by atoms with Crippen LogP contribution in [0.4, 0.5) is 17.6 Å². The second kappa shape index (κ2) is 9.40. The van der Waals surface area contributed by atoms with Crippen LogP contribution in [0.25, 0.3) is 4.85 Å². The molecule has 0 radical (unpaired) electrons. The van der Waals surface area contributed by atoms with Crippen LogP contribution in [0.3, 0.4) is 0 Å². The smallest absolute Gasteiger partial charge is 0.389 e. The minimum absolute atomic E-state index is 0.00710. The fourth-order valence-corrected chi connectivity index (χ4v) is 3.49. The minimum Gasteiger partial charge on any atom is -0.466 e. The Labute approximate surface area is 171 Å². The number of ether oxygens (including phenoxy) is 1. The molecule has 0 amide bonds. The zero-order valence-electron chi connectivity index (χ0n) is 15.8. The van der Waals surface area contributed by atoms with E-state index in [4.69, 9.17) is 22.9 Å². The molecule has 4 nitrogen and oxygen atoms in total.